The van der Waals surface area contributed by atoms with Gasteiger partial charge in [-0.05, 0) is 37.1 Å². The molecule has 1 unspecified atom stereocenters. The van der Waals surface area contributed by atoms with Crippen molar-refractivity contribution in [1.82, 2.24) is 18.8 Å². The molecule has 0 aliphatic carbocycles. The quantitative estimate of drug-likeness (QED) is 0.656. The molecule has 1 aliphatic heterocycles. The van der Waals surface area contributed by atoms with E-state index in [1.165, 1.54) is 14.9 Å². The molecule has 1 saturated heterocycles. The molecule has 1 aliphatic rings. The number of rotatable bonds is 5. The lowest BCUT2D eigenvalue weighted by Crippen LogP contribution is -2.40. The van der Waals surface area contributed by atoms with Gasteiger partial charge in [-0.15, -0.1) is 0 Å². The standard InChI is InChI=1S/C22H25N5O3S/c1-26-21(28)15-20(17-10-12-23-13-11-17)25-22(26)24-18-7-5-6-14-27(16-18)31(29,30)19-8-3-2-4-9-19/h2-4,8-13,15,18H,5-7,14,16H2,1H3,(H,24,25). The molecule has 31 heavy (non-hydrogen) atoms. The van der Waals surface area contributed by atoms with Gasteiger partial charge in [-0.1, -0.05) is 24.6 Å². The Morgan fingerprint density at radius 3 is 2.55 bits per heavy atom. The third kappa shape index (κ3) is 4.67. The number of hydrogen-bond acceptors (Lipinski definition) is 6. The summed E-state index contributed by atoms with van der Waals surface area (Å²) in [6.07, 6.45) is 5.76. The van der Waals surface area contributed by atoms with Gasteiger partial charge in [0.1, 0.15) is 0 Å². The molecular formula is C22H25N5O3S. The van der Waals surface area contributed by atoms with Crippen molar-refractivity contribution < 1.29 is 8.42 Å². The van der Waals surface area contributed by atoms with Crippen LogP contribution < -0.4 is 10.9 Å². The van der Waals surface area contributed by atoms with E-state index in [4.69, 9.17) is 0 Å². The summed E-state index contributed by atoms with van der Waals surface area (Å²) in [5.74, 6) is 0.420. The van der Waals surface area contributed by atoms with E-state index in [2.05, 4.69) is 15.3 Å². The number of anilines is 1. The van der Waals surface area contributed by atoms with Crippen LogP contribution in [-0.4, -0.2) is 46.4 Å². The van der Waals surface area contributed by atoms with Crippen LogP contribution in [0.15, 0.2) is 70.6 Å². The van der Waals surface area contributed by atoms with Crippen molar-refractivity contribution in [3.63, 3.8) is 0 Å². The first-order valence-electron chi connectivity index (χ1n) is 10.3. The minimum Gasteiger partial charge on any atom is -0.352 e. The minimum absolute atomic E-state index is 0.160. The van der Waals surface area contributed by atoms with E-state index in [1.54, 1.807) is 61.9 Å². The summed E-state index contributed by atoms with van der Waals surface area (Å²) < 4.78 is 29.2. The number of nitrogens with one attached hydrogen (secondary N) is 1. The van der Waals surface area contributed by atoms with Crippen LogP contribution in [-0.2, 0) is 17.1 Å². The van der Waals surface area contributed by atoms with Crippen LogP contribution in [0.5, 0.6) is 0 Å². The van der Waals surface area contributed by atoms with Gasteiger partial charge in [-0.3, -0.25) is 14.3 Å². The second-order valence-electron chi connectivity index (χ2n) is 7.61. The average Bonchev–Trinajstić information content (AvgIpc) is 3.04. The van der Waals surface area contributed by atoms with Gasteiger partial charge >= 0.3 is 0 Å². The zero-order valence-corrected chi connectivity index (χ0v) is 18.1. The first kappa shape index (κ1) is 21.2. The monoisotopic (exact) mass is 439 g/mol. The van der Waals surface area contributed by atoms with Gasteiger partial charge in [0.2, 0.25) is 16.0 Å². The predicted octanol–water partition coefficient (Wildman–Crippen LogP) is 2.50. The van der Waals surface area contributed by atoms with Crippen molar-refractivity contribution >= 4 is 16.0 Å². The molecule has 0 radical (unpaired) electrons. The van der Waals surface area contributed by atoms with Crippen LogP contribution in [0.2, 0.25) is 0 Å². The molecule has 2 aromatic heterocycles. The van der Waals surface area contributed by atoms with E-state index >= 15 is 0 Å². The van der Waals surface area contributed by atoms with Gasteiger partial charge in [0.25, 0.3) is 5.56 Å². The highest BCUT2D eigenvalue weighted by Gasteiger charge is 2.29. The Labute approximate surface area is 181 Å². The summed E-state index contributed by atoms with van der Waals surface area (Å²) >= 11 is 0. The molecule has 0 amide bonds. The molecule has 0 saturated carbocycles. The topological polar surface area (TPSA) is 97.2 Å². The third-order valence-electron chi connectivity index (χ3n) is 5.46. The molecule has 162 valence electrons. The molecule has 1 aromatic carbocycles. The second kappa shape index (κ2) is 8.99. The number of benzene rings is 1. The Kier molecular flexibility index (Phi) is 6.15. The van der Waals surface area contributed by atoms with Crippen LogP contribution in [0, 0.1) is 0 Å². The van der Waals surface area contributed by atoms with Crippen molar-refractivity contribution in [3.8, 4) is 11.3 Å². The Hall–Kier alpha value is -3.04. The minimum atomic E-state index is -3.58. The maximum atomic E-state index is 13.1. The molecule has 3 heterocycles. The van der Waals surface area contributed by atoms with Crippen molar-refractivity contribution in [3.05, 3.63) is 71.3 Å². The van der Waals surface area contributed by atoms with Crippen molar-refractivity contribution in [2.24, 2.45) is 7.05 Å². The summed E-state index contributed by atoms with van der Waals surface area (Å²) in [5.41, 5.74) is 1.16. The summed E-state index contributed by atoms with van der Waals surface area (Å²) in [5, 5.41) is 3.32. The third-order valence-corrected chi connectivity index (χ3v) is 7.34. The first-order chi connectivity index (χ1) is 14.9. The zero-order valence-electron chi connectivity index (χ0n) is 17.3. The molecule has 0 spiro atoms. The van der Waals surface area contributed by atoms with Gasteiger partial charge in [0.05, 0.1) is 10.6 Å². The Balaban J connectivity index is 1.60. The average molecular weight is 440 g/mol. The molecule has 4 rings (SSSR count). The van der Waals surface area contributed by atoms with E-state index in [9.17, 15) is 13.2 Å². The van der Waals surface area contributed by atoms with E-state index in [0.717, 1.165) is 24.8 Å². The fourth-order valence-corrected chi connectivity index (χ4v) is 5.25. The summed E-state index contributed by atoms with van der Waals surface area (Å²) in [6, 6.07) is 13.4. The van der Waals surface area contributed by atoms with Gasteiger partial charge in [0, 0.05) is 50.2 Å². The molecule has 9 heteroatoms. The fraction of sp³-hybridized carbons (Fsp3) is 0.318. The smallest absolute Gasteiger partial charge is 0.255 e. The van der Waals surface area contributed by atoms with E-state index < -0.39 is 10.0 Å². The summed E-state index contributed by atoms with van der Waals surface area (Å²) in [7, 11) is -1.93. The first-order valence-corrected chi connectivity index (χ1v) is 11.7. The van der Waals surface area contributed by atoms with Crippen LogP contribution in [0.25, 0.3) is 11.3 Å². The van der Waals surface area contributed by atoms with Crippen molar-refractivity contribution in [2.75, 3.05) is 18.4 Å². The van der Waals surface area contributed by atoms with E-state index in [1.807, 2.05) is 0 Å². The summed E-state index contributed by atoms with van der Waals surface area (Å²) in [6.45, 7) is 0.783. The molecule has 1 N–H and O–H groups in total. The number of sulfonamides is 1. The number of hydrogen-bond donors (Lipinski definition) is 1. The summed E-state index contributed by atoms with van der Waals surface area (Å²) in [4.78, 5) is 21.4. The van der Waals surface area contributed by atoms with Crippen LogP contribution in [0.3, 0.4) is 0 Å². The zero-order chi connectivity index (χ0) is 21.8. The van der Waals surface area contributed by atoms with Gasteiger partial charge in [-0.25, -0.2) is 13.4 Å². The highest BCUT2D eigenvalue weighted by Crippen LogP contribution is 2.22. The maximum absolute atomic E-state index is 13.1. The lowest BCUT2D eigenvalue weighted by Gasteiger charge is -2.25. The van der Waals surface area contributed by atoms with Gasteiger partial charge < -0.3 is 5.32 Å². The number of nitrogens with zero attached hydrogens (tertiary/aromatic N) is 4. The highest BCUT2D eigenvalue weighted by molar-refractivity contribution is 7.89. The van der Waals surface area contributed by atoms with Crippen molar-refractivity contribution in [2.45, 2.75) is 30.2 Å². The Bertz CT molecular complexity index is 1200. The highest BCUT2D eigenvalue weighted by atomic mass is 32.2. The van der Waals surface area contributed by atoms with Crippen LogP contribution >= 0.6 is 0 Å². The number of aromatic nitrogens is 3. The molecule has 1 atom stereocenters. The Morgan fingerprint density at radius 2 is 1.81 bits per heavy atom. The fourth-order valence-electron chi connectivity index (χ4n) is 3.71. The van der Waals surface area contributed by atoms with E-state index in [-0.39, 0.29) is 11.6 Å². The molecular weight excluding hydrogens is 414 g/mol. The largest absolute Gasteiger partial charge is 0.352 e. The SMILES string of the molecule is Cn1c(NC2CCCCN(S(=O)(=O)c3ccccc3)C2)nc(-c2ccncc2)cc1=O. The molecule has 8 nitrogen and oxygen atoms in total. The molecule has 0 bridgehead atoms. The number of pyridine rings is 1. The van der Waals surface area contributed by atoms with Crippen LogP contribution in [0.4, 0.5) is 5.95 Å². The van der Waals surface area contributed by atoms with E-state index in [0.29, 0.717) is 29.6 Å². The Morgan fingerprint density at radius 1 is 1.06 bits per heavy atom. The molecule has 3 aromatic rings. The lowest BCUT2D eigenvalue weighted by molar-refractivity contribution is 0.412. The predicted molar refractivity (Wildman–Crippen MR) is 119 cm³/mol. The van der Waals surface area contributed by atoms with Gasteiger partial charge in [-0.2, -0.15) is 4.31 Å². The maximum Gasteiger partial charge on any atom is 0.255 e. The van der Waals surface area contributed by atoms with Gasteiger partial charge in [0.15, 0.2) is 0 Å². The lowest BCUT2D eigenvalue weighted by atomic mass is 10.1. The molecule has 1 fully saturated rings. The van der Waals surface area contributed by atoms with Crippen molar-refractivity contribution in [1.29, 1.82) is 0 Å². The van der Waals surface area contributed by atoms with Crippen LogP contribution in [0.1, 0.15) is 19.3 Å². The second-order valence-corrected chi connectivity index (χ2v) is 9.55. The normalized spacial score (nSPS) is 17.8.